The lowest BCUT2D eigenvalue weighted by Gasteiger charge is -2.17. The minimum absolute atomic E-state index is 0.710. The van der Waals surface area contributed by atoms with Crippen LogP contribution in [0.25, 0.3) is 11.3 Å². The first-order chi connectivity index (χ1) is 13.1. The minimum atomic E-state index is 0.710. The number of rotatable bonds is 2. The summed E-state index contributed by atoms with van der Waals surface area (Å²) in [5.41, 5.74) is 4.24. The Hall–Kier alpha value is -2.37. The molecular weight excluding hydrogens is 376 g/mol. The molecule has 0 fully saturated rings. The Kier molecular flexibility index (Phi) is 5.14. The van der Waals surface area contributed by atoms with E-state index in [4.69, 9.17) is 16.6 Å². The molecule has 4 rings (SSSR count). The summed E-state index contributed by atoms with van der Waals surface area (Å²) in [5.74, 6) is 2.56. The lowest BCUT2D eigenvalue weighted by molar-refractivity contribution is 0.623. The Morgan fingerprint density at radius 1 is 1.07 bits per heavy atom. The van der Waals surface area contributed by atoms with Crippen LogP contribution in [-0.2, 0) is 6.42 Å². The number of aromatic nitrogens is 2. The maximum absolute atomic E-state index is 6.04. The van der Waals surface area contributed by atoms with Crippen molar-refractivity contribution in [2.75, 3.05) is 19.8 Å². The van der Waals surface area contributed by atoms with Crippen molar-refractivity contribution in [3.05, 3.63) is 71.0 Å². The first-order valence-electron chi connectivity index (χ1n) is 8.71. The molecule has 4 nitrogen and oxygen atoms in total. The number of benzene rings is 2. The molecule has 0 spiro atoms. The third-order valence-electron chi connectivity index (χ3n) is 4.41. The van der Waals surface area contributed by atoms with Crippen LogP contribution in [-0.4, -0.2) is 40.6 Å². The fourth-order valence-corrected chi connectivity index (χ4v) is 4.28. The van der Waals surface area contributed by atoms with Gasteiger partial charge >= 0.3 is 0 Å². The molecule has 1 aliphatic heterocycles. The zero-order valence-corrected chi connectivity index (χ0v) is 16.8. The molecule has 136 valence electrons. The molecule has 0 amide bonds. The number of thioether (sulfide) groups is 1. The van der Waals surface area contributed by atoms with Gasteiger partial charge in [-0.05, 0) is 36.8 Å². The predicted molar refractivity (Wildman–Crippen MR) is 113 cm³/mol. The van der Waals surface area contributed by atoms with E-state index in [9.17, 15) is 0 Å². The fourth-order valence-electron chi connectivity index (χ4n) is 3.13. The number of hydrogen-bond donors (Lipinski definition) is 0. The molecule has 6 heteroatoms. The average Bonchev–Trinajstić information content (AvgIpc) is 2.87. The molecule has 0 saturated heterocycles. The van der Waals surface area contributed by atoms with Crippen LogP contribution in [0.1, 0.15) is 11.1 Å². The second kappa shape index (κ2) is 7.71. The van der Waals surface area contributed by atoms with Gasteiger partial charge in [-0.3, -0.25) is 0 Å². The molecule has 0 aliphatic carbocycles. The van der Waals surface area contributed by atoms with E-state index in [1.54, 1.807) is 6.33 Å². The summed E-state index contributed by atoms with van der Waals surface area (Å²) in [6.45, 7) is 0. The van der Waals surface area contributed by atoms with Gasteiger partial charge in [0.05, 0.1) is 5.69 Å². The molecule has 2 aromatic carbocycles. The van der Waals surface area contributed by atoms with E-state index in [0.717, 1.165) is 46.2 Å². The minimum Gasteiger partial charge on any atom is -0.362 e. The summed E-state index contributed by atoms with van der Waals surface area (Å²) in [6, 6.07) is 16.1. The normalized spacial score (nSPS) is 13.5. The molecule has 0 radical (unpaired) electrons. The molecule has 1 aromatic heterocycles. The van der Waals surface area contributed by atoms with E-state index in [2.05, 4.69) is 34.2 Å². The standard InChI is InChI=1S/C21H19ClN4S/c1-26(2)21(14-7-9-15(22)10-8-14)25-20-17-11-12-27-18-6-4-3-5-16(18)19(17)23-13-24-20/h3-10,13H,11-12H2,1-2H3. The Bertz CT molecular complexity index is 999. The van der Waals surface area contributed by atoms with E-state index in [1.165, 1.54) is 4.90 Å². The monoisotopic (exact) mass is 394 g/mol. The molecule has 2 heterocycles. The largest absolute Gasteiger partial charge is 0.362 e. The maximum atomic E-state index is 6.04. The van der Waals surface area contributed by atoms with Crippen molar-refractivity contribution in [2.24, 2.45) is 4.99 Å². The number of nitrogens with zero attached hydrogens (tertiary/aromatic N) is 4. The second-order valence-corrected chi connectivity index (χ2v) is 8.03. The zero-order chi connectivity index (χ0) is 18.8. The van der Waals surface area contributed by atoms with Crippen molar-refractivity contribution in [3.63, 3.8) is 0 Å². The van der Waals surface area contributed by atoms with Gasteiger partial charge in [0.15, 0.2) is 5.82 Å². The van der Waals surface area contributed by atoms with Gasteiger partial charge < -0.3 is 4.90 Å². The quantitative estimate of drug-likeness (QED) is 0.448. The van der Waals surface area contributed by atoms with Crippen LogP contribution in [0.3, 0.4) is 0 Å². The third-order valence-corrected chi connectivity index (χ3v) is 5.74. The third kappa shape index (κ3) is 3.70. The van der Waals surface area contributed by atoms with Gasteiger partial charge in [0, 0.05) is 46.5 Å². The van der Waals surface area contributed by atoms with E-state index in [0.29, 0.717) is 5.02 Å². The molecule has 1 aliphatic rings. The Balaban J connectivity index is 1.85. The van der Waals surface area contributed by atoms with E-state index >= 15 is 0 Å². The SMILES string of the molecule is CN(C)C(=Nc1ncnc2c1CCSc1ccccc1-2)c1ccc(Cl)cc1. The number of hydrogen-bond acceptors (Lipinski definition) is 4. The van der Waals surface area contributed by atoms with Gasteiger partial charge in [0.1, 0.15) is 12.2 Å². The first-order valence-corrected chi connectivity index (χ1v) is 10.1. The molecule has 27 heavy (non-hydrogen) atoms. The Labute approximate surface area is 168 Å². The first kappa shape index (κ1) is 18.0. The Morgan fingerprint density at radius 2 is 1.85 bits per heavy atom. The molecule has 0 atom stereocenters. The van der Waals surface area contributed by atoms with Crippen molar-refractivity contribution >= 4 is 35.0 Å². The fraction of sp³-hybridized carbons (Fsp3) is 0.190. The van der Waals surface area contributed by atoms with Crippen LogP contribution in [0.4, 0.5) is 5.82 Å². The highest BCUT2D eigenvalue weighted by Gasteiger charge is 2.20. The highest BCUT2D eigenvalue weighted by molar-refractivity contribution is 7.99. The summed E-state index contributed by atoms with van der Waals surface area (Å²) >= 11 is 7.90. The maximum Gasteiger partial charge on any atom is 0.161 e. The summed E-state index contributed by atoms with van der Waals surface area (Å²) in [6.07, 6.45) is 2.50. The van der Waals surface area contributed by atoms with Crippen LogP contribution in [0.15, 0.2) is 64.7 Å². The van der Waals surface area contributed by atoms with E-state index < -0.39 is 0 Å². The average molecular weight is 395 g/mol. The Morgan fingerprint density at radius 3 is 2.63 bits per heavy atom. The smallest absolute Gasteiger partial charge is 0.161 e. The molecular formula is C21H19ClN4S. The molecule has 0 bridgehead atoms. The van der Waals surface area contributed by atoms with Gasteiger partial charge in [-0.15, -0.1) is 11.8 Å². The summed E-state index contributed by atoms with van der Waals surface area (Å²) in [7, 11) is 3.97. The second-order valence-electron chi connectivity index (χ2n) is 6.46. The molecule has 0 unspecified atom stereocenters. The van der Waals surface area contributed by atoms with Gasteiger partial charge in [-0.25, -0.2) is 15.0 Å². The van der Waals surface area contributed by atoms with Gasteiger partial charge in [-0.2, -0.15) is 0 Å². The van der Waals surface area contributed by atoms with Crippen LogP contribution >= 0.6 is 23.4 Å². The van der Waals surface area contributed by atoms with E-state index in [1.807, 2.05) is 55.0 Å². The lowest BCUT2D eigenvalue weighted by Crippen LogP contribution is -2.23. The van der Waals surface area contributed by atoms with Crippen molar-refractivity contribution < 1.29 is 0 Å². The van der Waals surface area contributed by atoms with E-state index in [-0.39, 0.29) is 0 Å². The number of amidine groups is 1. The van der Waals surface area contributed by atoms with Crippen molar-refractivity contribution in [1.82, 2.24) is 14.9 Å². The summed E-state index contributed by atoms with van der Waals surface area (Å²) < 4.78 is 0. The summed E-state index contributed by atoms with van der Waals surface area (Å²) in [4.78, 5) is 17.3. The number of halogens is 1. The lowest BCUT2D eigenvalue weighted by atomic mass is 10.0. The van der Waals surface area contributed by atoms with Crippen LogP contribution < -0.4 is 0 Å². The van der Waals surface area contributed by atoms with Crippen LogP contribution in [0, 0.1) is 0 Å². The molecule has 0 N–H and O–H groups in total. The predicted octanol–water partition coefficient (Wildman–Crippen LogP) is 5.09. The highest BCUT2D eigenvalue weighted by Crippen LogP contribution is 2.38. The van der Waals surface area contributed by atoms with Crippen LogP contribution in [0.5, 0.6) is 0 Å². The zero-order valence-electron chi connectivity index (χ0n) is 15.2. The van der Waals surface area contributed by atoms with Crippen molar-refractivity contribution in [3.8, 4) is 11.3 Å². The van der Waals surface area contributed by atoms with Gasteiger partial charge in [-0.1, -0.05) is 29.8 Å². The summed E-state index contributed by atoms with van der Waals surface area (Å²) in [5, 5.41) is 0.710. The van der Waals surface area contributed by atoms with Gasteiger partial charge in [0.25, 0.3) is 0 Å². The number of fused-ring (bicyclic) bond motifs is 3. The molecule has 0 saturated carbocycles. The highest BCUT2D eigenvalue weighted by atomic mass is 35.5. The van der Waals surface area contributed by atoms with Crippen molar-refractivity contribution in [2.45, 2.75) is 11.3 Å². The molecule has 3 aromatic rings. The van der Waals surface area contributed by atoms with Crippen LogP contribution in [0.2, 0.25) is 5.02 Å². The number of aliphatic imine (C=N–C) groups is 1. The van der Waals surface area contributed by atoms with Gasteiger partial charge in [0.2, 0.25) is 0 Å². The topological polar surface area (TPSA) is 41.4 Å². The van der Waals surface area contributed by atoms with Crippen molar-refractivity contribution in [1.29, 1.82) is 0 Å².